The molecule has 0 aromatic heterocycles. The second kappa shape index (κ2) is 9.63. The quantitative estimate of drug-likeness (QED) is 0.172. The number of carbonyl (C=O) groups is 1. The molecule has 0 radical (unpaired) electrons. The molecule has 1 aromatic carbocycles. The van der Waals surface area contributed by atoms with Gasteiger partial charge in [-0.1, -0.05) is 18.2 Å². The molecule has 21 heavy (non-hydrogen) atoms. The van der Waals surface area contributed by atoms with Gasteiger partial charge in [0, 0.05) is 6.42 Å². The highest BCUT2D eigenvalue weighted by Gasteiger charge is 2.18. The second-order valence-corrected chi connectivity index (χ2v) is 4.30. The van der Waals surface area contributed by atoms with Crippen molar-refractivity contribution in [1.29, 1.82) is 0 Å². The first-order chi connectivity index (χ1) is 10.2. The van der Waals surface area contributed by atoms with Gasteiger partial charge < -0.3 is 14.1 Å². The van der Waals surface area contributed by atoms with Crippen LogP contribution in [0.15, 0.2) is 41.9 Å². The summed E-state index contributed by atoms with van der Waals surface area (Å²) in [6.07, 6.45) is 4.30. The van der Waals surface area contributed by atoms with Gasteiger partial charge in [0.1, 0.15) is 5.75 Å². The van der Waals surface area contributed by atoms with Crippen molar-refractivity contribution in [3.8, 4) is 5.75 Å². The lowest BCUT2D eigenvalue weighted by molar-refractivity contribution is -0.142. The van der Waals surface area contributed by atoms with Gasteiger partial charge in [-0.15, -0.1) is 6.58 Å². The number of aliphatic imine (C=N–C) groups is 1. The maximum atomic E-state index is 11.6. The third-order valence-corrected chi connectivity index (χ3v) is 2.76. The number of rotatable bonds is 9. The minimum absolute atomic E-state index is 0.394. The summed E-state index contributed by atoms with van der Waals surface area (Å²) in [7, 11) is 2.82. The highest BCUT2D eigenvalue weighted by molar-refractivity contribution is 6.02. The summed E-state index contributed by atoms with van der Waals surface area (Å²) in [5.74, 6) is 0.394. The Morgan fingerprint density at radius 1 is 1.43 bits per heavy atom. The van der Waals surface area contributed by atoms with Crippen molar-refractivity contribution in [3.63, 3.8) is 0 Å². The molecule has 0 heterocycles. The molecule has 0 aliphatic rings. The van der Waals surface area contributed by atoms with Gasteiger partial charge in [0.25, 0.3) is 0 Å². The van der Waals surface area contributed by atoms with E-state index in [-0.39, 0.29) is 0 Å². The molecule has 6 heteroatoms. The first kappa shape index (κ1) is 16.8. The van der Waals surface area contributed by atoms with E-state index in [1.54, 1.807) is 0 Å². The zero-order valence-electron chi connectivity index (χ0n) is 12.5. The fourth-order valence-electron chi connectivity index (χ4n) is 1.67. The van der Waals surface area contributed by atoms with Gasteiger partial charge in [0.05, 0.1) is 13.7 Å². The molecule has 0 saturated heterocycles. The number of hydrogen-bond donors (Lipinski definition) is 0. The summed E-state index contributed by atoms with van der Waals surface area (Å²) < 4.78 is 15.0. The molecule has 0 N–H and O–H groups in total. The third kappa shape index (κ3) is 6.16. The molecule has 0 bridgehead atoms. The predicted molar refractivity (Wildman–Crippen MR) is 84.4 cm³/mol. The van der Waals surface area contributed by atoms with E-state index in [9.17, 15) is 4.79 Å². The van der Waals surface area contributed by atoms with Crippen LogP contribution in [0.1, 0.15) is 12.0 Å². The van der Waals surface area contributed by atoms with Gasteiger partial charge in [0.15, 0.2) is 12.4 Å². The number of methoxy groups -OCH3 is 1. The van der Waals surface area contributed by atoms with Crippen LogP contribution < -0.4 is 4.74 Å². The van der Waals surface area contributed by atoms with E-state index in [0.717, 1.165) is 17.7 Å². The van der Waals surface area contributed by atoms with Gasteiger partial charge in [0.2, 0.25) is 0 Å². The Labute approximate surface area is 126 Å². The summed E-state index contributed by atoms with van der Waals surface area (Å²) in [4.78, 5) is 15.7. The van der Waals surface area contributed by atoms with E-state index in [1.807, 2.05) is 30.3 Å². The first-order valence-electron chi connectivity index (χ1n) is 6.66. The number of benzene rings is 1. The van der Waals surface area contributed by atoms with Gasteiger partial charge in [-0.2, -0.15) is 0 Å². The molecule has 112 valence electrons. The third-order valence-electron chi connectivity index (χ3n) is 2.76. The van der Waals surface area contributed by atoms with Gasteiger partial charge >= 0.3 is 14.0 Å². The zero-order chi connectivity index (χ0) is 15.5. The zero-order valence-corrected chi connectivity index (χ0v) is 12.5. The monoisotopic (exact) mass is 289 g/mol. The van der Waals surface area contributed by atoms with E-state index in [4.69, 9.17) is 14.1 Å². The second-order valence-electron chi connectivity index (χ2n) is 4.30. The Morgan fingerprint density at radius 2 is 2.14 bits per heavy atom. The molecular weight excluding hydrogens is 269 g/mol. The van der Waals surface area contributed by atoms with Crippen molar-refractivity contribution in [3.05, 3.63) is 42.5 Å². The normalized spacial score (nSPS) is 11.9. The first-order valence-corrected chi connectivity index (χ1v) is 6.66. The Balaban J connectivity index is 2.64. The minimum atomic E-state index is -0.609. The fourth-order valence-corrected chi connectivity index (χ4v) is 1.67. The topological polar surface area (TPSA) is 57.1 Å². The number of carbonyl (C=O) groups excluding carboxylic acids is 1. The Hall–Kier alpha value is -2.24. The summed E-state index contributed by atoms with van der Waals surface area (Å²) in [5.41, 5.74) is 0.967. The van der Waals surface area contributed by atoms with E-state index in [2.05, 4.69) is 11.6 Å². The summed E-state index contributed by atoms with van der Waals surface area (Å²) in [5, 5.41) is 0. The number of esters is 1. The molecular formula is C15H20BNO4. The number of nitrogens with zero attached hydrogens (tertiary/aromatic N) is 1. The van der Waals surface area contributed by atoms with Gasteiger partial charge in [-0.05, 0) is 24.1 Å². The van der Waals surface area contributed by atoms with E-state index < -0.39 is 12.0 Å². The number of hydrogen-bond acceptors (Lipinski definition) is 5. The maximum absolute atomic E-state index is 11.6. The Morgan fingerprint density at radius 3 is 2.71 bits per heavy atom. The Bertz CT molecular complexity index is 473. The Kier molecular flexibility index (Phi) is 7.72. The smallest absolute Gasteiger partial charge is 0.331 e. The van der Waals surface area contributed by atoms with Crippen LogP contribution in [0.25, 0.3) is 0 Å². The lowest BCUT2D eigenvalue weighted by Gasteiger charge is -2.11. The molecule has 0 aliphatic carbocycles. The van der Waals surface area contributed by atoms with Gasteiger partial charge in [-0.3, -0.25) is 0 Å². The number of ether oxygens (including phenoxy) is 2. The molecule has 0 amide bonds. The molecule has 0 spiro atoms. The maximum Gasteiger partial charge on any atom is 0.331 e. The van der Waals surface area contributed by atoms with Crippen LogP contribution in [0, 0.1) is 0 Å². The van der Waals surface area contributed by atoms with E-state index in [0.29, 0.717) is 13.0 Å². The molecule has 1 rings (SSSR count). The largest absolute Gasteiger partial charge is 0.560 e. The molecule has 1 atom stereocenters. The van der Waals surface area contributed by atoms with E-state index in [1.165, 1.54) is 21.6 Å². The molecule has 0 saturated carbocycles. The van der Waals surface area contributed by atoms with Crippen molar-refractivity contribution >= 4 is 20.4 Å². The summed E-state index contributed by atoms with van der Waals surface area (Å²) in [6, 6.07) is 6.94. The highest BCUT2D eigenvalue weighted by Crippen LogP contribution is 2.15. The minimum Gasteiger partial charge on any atom is -0.560 e. The average Bonchev–Trinajstić information content (AvgIpc) is 2.52. The highest BCUT2D eigenvalue weighted by atomic mass is 16.5. The van der Waals surface area contributed by atoms with Crippen LogP contribution in [-0.4, -0.2) is 40.2 Å². The fraction of sp³-hybridized carbons (Fsp3) is 0.333. The van der Waals surface area contributed by atoms with Crippen molar-refractivity contribution in [2.45, 2.75) is 18.9 Å². The molecule has 1 aromatic rings. The van der Waals surface area contributed by atoms with Crippen molar-refractivity contribution in [1.82, 2.24) is 0 Å². The van der Waals surface area contributed by atoms with Crippen LogP contribution in [-0.2, 0) is 20.6 Å². The van der Waals surface area contributed by atoms with Crippen LogP contribution in [0.4, 0.5) is 0 Å². The SMILES string of the molecule is BOC=N[C@@H](Cc1ccc(OCCC=C)cc1)C(=O)OC. The van der Waals surface area contributed by atoms with Crippen LogP contribution in [0.2, 0.25) is 0 Å². The standard InChI is InChI=1S/C15H20BNO4/c1-3-4-9-20-13-7-5-12(6-8-13)10-14(15(18)19-2)17-11-21-16/h3,5-8,11,14H,1,4,9-10,16H2,2H3/t14-/m0/s1. The van der Waals surface area contributed by atoms with Crippen LogP contribution in [0.3, 0.4) is 0 Å². The van der Waals surface area contributed by atoms with Crippen molar-refractivity contribution < 1.29 is 18.9 Å². The van der Waals surface area contributed by atoms with E-state index >= 15 is 0 Å². The predicted octanol–water partition coefficient (Wildman–Crippen LogP) is 1.32. The van der Waals surface area contributed by atoms with Crippen LogP contribution in [0.5, 0.6) is 5.75 Å². The summed E-state index contributed by atoms with van der Waals surface area (Å²) in [6.45, 7) is 4.24. The lowest BCUT2D eigenvalue weighted by Crippen LogP contribution is -2.23. The van der Waals surface area contributed by atoms with Gasteiger partial charge in [-0.25, -0.2) is 9.79 Å². The van der Waals surface area contributed by atoms with Crippen LogP contribution >= 0.6 is 0 Å². The molecule has 0 fully saturated rings. The van der Waals surface area contributed by atoms with Crippen molar-refractivity contribution in [2.75, 3.05) is 13.7 Å². The molecule has 0 unspecified atom stereocenters. The lowest BCUT2D eigenvalue weighted by atomic mass is 10.1. The average molecular weight is 289 g/mol. The molecule has 0 aliphatic heterocycles. The summed E-state index contributed by atoms with van der Waals surface area (Å²) >= 11 is 0. The molecule has 5 nitrogen and oxygen atoms in total. The van der Waals surface area contributed by atoms with Crippen molar-refractivity contribution in [2.24, 2.45) is 4.99 Å².